The summed E-state index contributed by atoms with van der Waals surface area (Å²) in [5.41, 5.74) is 7.65. The van der Waals surface area contributed by atoms with Gasteiger partial charge in [-0.15, -0.1) is 12.4 Å². The van der Waals surface area contributed by atoms with Crippen molar-refractivity contribution in [3.8, 4) is 0 Å². The highest BCUT2D eigenvalue weighted by atomic mass is 79.9. The molecule has 1 aromatic carbocycles. The Bertz CT molecular complexity index is 548. The molecule has 23 heavy (non-hydrogen) atoms. The molecule has 0 bridgehead atoms. The molecule has 4 rings (SSSR count). The van der Waals surface area contributed by atoms with E-state index in [0.29, 0.717) is 11.8 Å². The number of fused-ring (bicyclic) bond motifs is 1. The number of nitrogens with one attached hydrogen (secondary N) is 3. The molecule has 5 atom stereocenters. The highest BCUT2D eigenvalue weighted by Gasteiger charge is 2.45. The van der Waals surface area contributed by atoms with E-state index in [9.17, 15) is 4.79 Å². The molecule has 0 spiro atoms. The lowest BCUT2D eigenvalue weighted by molar-refractivity contribution is -0.132. The summed E-state index contributed by atoms with van der Waals surface area (Å²) < 4.78 is 0. The van der Waals surface area contributed by atoms with E-state index in [2.05, 4.69) is 44.2 Å². The number of carbonyl (C=O) groups excluding carboxylic acids is 1. The predicted molar refractivity (Wildman–Crippen MR) is 95.6 cm³/mol. The second-order valence-corrected chi connectivity index (χ2v) is 7.58. The molecular formula is C16H22BrClN4O. The minimum atomic E-state index is -0.211. The van der Waals surface area contributed by atoms with Gasteiger partial charge in [0.2, 0.25) is 5.91 Å². The number of benzene rings is 1. The lowest BCUT2D eigenvalue weighted by atomic mass is 10.0. The summed E-state index contributed by atoms with van der Waals surface area (Å²) in [6, 6.07) is 10.1. The first kappa shape index (κ1) is 17.2. The molecule has 5 nitrogen and oxygen atoms in total. The van der Waals surface area contributed by atoms with E-state index in [1.807, 2.05) is 23.1 Å². The molecule has 7 heteroatoms. The molecule has 3 aliphatic heterocycles. The van der Waals surface area contributed by atoms with Gasteiger partial charge < -0.3 is 10.2 Å². The van der Waals surface area contributed by atoms with Crippen LogP contribution >= 0.6 is 28.3 Å². The van der Waals surface area contributed by atoms with Crippen LogP contribution in [0.3, 0.4) is 0 Å². The molecule has 0 aliphatic carbocycles. The van der Waals surface area contributed by atoms with E-state index in [1.54, 1.807) is 0 Å². The lowest BCUT2D eigenvalue weighted by Gasteiger charge is -2.23. The van der Waals surface area contributed by atoms with E-state index < -0.39 is 0 Å². The average molecular weight is 402 g/mol. The molecule has 3 fully saturated rings. The van der Waals surface area contributed by atoms with Gasteiger partial charge in [-0.3, -0.25) is 4.79 Å². The second-order valence-electron chi connectivity index (χ2n) is 6.52. The topological polar surface area (TPSA) is 56.4 Å². The first-order chi connectivity index (χ1) is 10.7. The number of hydrogen-bond acceptors (Lipinski definition) is 4. The Morgan fingerprint density at radius 3 is 2.39 bits per heavy atom. The summed E-state index contributed by atoms with van der Waals surface area (Å²) in [4.78, 5) is 14.9. The van der Waals surface area contributed by atoms with Crippen LogP contribution in [0, 0.1) is 11.8 Å². The number of hydrazine groups is 1. The number of likely N-dealkylation sites (tertiary alicyclic amines) is 1. The molecule has 0 saturated carbocycles. The van der Waals surface area contributed by atoms with Crippen LogP contribution in [0.15, 0.2) is 30.3 Å². The Morgan fingerprint density at radius 1 is 1.09 bits per heavy atom. The normalized spacial score (nSPS) is 35.9. The van der Waals surface area contributed by atoms with Gasteiger partial charge in [0.05, 0.1) is 10.9 Å². The zero-order valence-corrected chi connectivity index (χ0v) is 15.1. The van der Waals surface area contributed by atoms with Crippen molar-refractivity contribution in [2.24, 2.45) is 11.8 Å². The molecule has 126 valence electrons. The molecule has 0 radical (unpaired) electrons. The van der Waals surface area contributed by atoms with Crippen molar-refractivity contribution >= 4 is 34.2 Å². The smallest absolute Gasteiger partial charge is 0.242 e. The zero-order valence-electron chi connectivity index (χ0n) is 12.7. The molecule has 0 aromatic heterocycles. The number of amides is 1. The summed E-state index contributed by atoms with van der Waals surface area (Å²) in [6.45, 7) is 3.89. The van der Waals surface area contributed by atoms with E-state index in [0.717, 1.165) is 26.2 Å². The van der Waals surface area contributed by atoms with Crippen molar-refractivity contribution in [3.05, 3.63) is 35.9 Å². The molecule has 3 saturated heterocycles. The van der Waals surface area contributed by atoms with Crippen molar-refractivity contribution in [1.29, 1.82) is 0 Å². The second kappa shape index (κ2) is 7.07. The maximum absolute atomic E-state index is 12.8. The summed E-state index contributed by atoms with van der Waals surface area (Å²) in [6.07, 6.45) is 0. The maximum Gasteiger partial charge on any atom is 0.242 e. The van der Waals surface area contributed by atoms with Crippen molar-refractivity contribution in [2.75, 3.05) is 26.2 Å². The fraction of sp³-hybridized carbons (Fsp3) is 0.562. The standard InChI is InChI=1S/C16H21BrN4O.ClH/c17-13-14(10-4-2-1-3-5-10)19-20-15(13)16(22)21-8-11-6-18-7-12(11)9-21;/h1-5,11-15,18-20H,6-9H2;1H/t11-,12+,13?,14?,15?;. The molecule has 3 N–H and O–H groups in total. The van der Waals surface area contributed by atoms with Crippen LogP contribution in [0.1, 0.15) is 11.6 Å². The Morgan fingerprint density at radius 2 is 1.74 bits per heavy atom. The summed E-state index contributed by atoms with van der Waals surface area (Å²) in [5, 5.41) is 3.42. The number of hydrogen-bond donors (Lipinski definition) is 3. The molecule has 3 heterocycles. The van der Waals surface area contributed by atoms with E-state index in [1.165, 1.54) is 5.56 Å². The van der Waals surface area contributed by atoms with Gasteiger partial charge in [0.25, 0.3) is 0 Å². The highest BCUT2D eigenvalue weighted by Crippen LogP contribution is 2.32. The maximum atomic E-state index is 12.8. The SMILES string of the molecule is Cl.O=C(C1NNC(c2ccccc2)C1Br)N1C[C@H]2CNC[C@H]2C1. The first-order valence-corrected chi connectivity index (χ1v) is 8.85. The first-order valence-electron chi connectivity index (χ1n) is 7.93. The fourth-order valence-electron chi connectivity index (χ4n) is 3.89. The third-order valence-electron chi connectivity index (χ3n) is 5.16. The minimum Gasteiger partial charge on any atom is -0.341 e. The van der Waals surface area contributed by atoms with Crippen molar-refractivity contribution in [3.63, 3.8) is 0 Å². The fourth-order valence-corrected chi connectivity index (χ4v) is 4.68. The van der Waals surface area contributed by atoms with Gasteiger partial charge >= 0.3 is 0 Å². The third-order valence-corrected chi connectivity index (χ3v) is 6.21. The summed E-state index contributed by atoms with van der Waals surface area (Å²) in [5.74, 6) is 1.48. The minimum absolute atomic E-state index is 0. The molecule has 1 aromatic rings. The number of rotatable bonds is 2. The quantitative estimate of drug-likeness (QED) is 0.649. The number of nitrogens with zero attached hydrogens (tertiary/aromatic N) is 1. The molecular weight excluding hydrogens is 380 g/mol. The van der Waals surface area contributed by atoms with Gasteiger partial charge in [0.15, 0.2) is 0 Å². The van der Waals surface area contributed by atoms with Crippen LogP contribution in [0.25, 0.3) is 0 Å². The van der Waals surface area contributed by atoms with Gasteiger partial charge in [-0.1, -0.05) is 46.3 Å². The highest BCUT2D eigenvalue weighted by molar-refractivity contribution is 9.09. The van der Waals surface area contributed by atoms with Crippen LogP contribution in [-0.4, -0.2) is 47.9 Å². The van der Waals surface area contributed by atoms with Crippen LogP contribution in [0.2, 0.25) is 0 Å². The summed E-state index contributed by atoms with van der Waals surface area (Å²) >= 11 is 3.73. The third kappa shape index (κ3) is 3.15. The molecule has 1 amide bonds. The Kier molecular flexibility index (Phi) is 5.28. The molecule has 3 aliphatic rings. The van der Waals surface area contributed by atoms with Crippen LogP contribution in [0.4, 0.5) is 0 Å². The average Bonchev–Trinajstić information content (AvgIpc) is 3.21. The molecule has 3 unspecified atom stereocenters. The van der Waals surface area contributed by atoms with Gasteiger partial charge in [-0.05, 0) is 17.4 Å². The van der Waals surface area contributed by atoms with Gasteiger partial charge in [-0.2, -0.15) is 0 Å². The van der Waals surface area contributed by atoms with Crippen LogP contribution in [0.5, 0.6) is 0 Å². The number of halogens is 2. The Balaban J connectivity index is 0.00000156. The Hall–Kier alpha value is -0.660. The monoisotopic (exact) mass is 400 g/mol. The van der Waals surface area contributed by atoms with E-state index in [-0.39, 0.29) is 35.2 Å². The van der Waals surface area contributed by atoms with E-state index in [4.69, 9.17) is 0 Å². The Labute approximate surface area is 151 Å². The van der Waals surface area contributed by atoms with Crippen molar-refractivity contribution in [2.45, 2.75) is 16.9 Å². The number of alkyl halides is 1. The predicted octanol–water partition coefficient (Wildman–Crippen LogP) is 1.07. The van der Waals surface area contributed by atoms with Crippen LogP contribution < -0.4 is 16.2 Å². The van der Waals surface area contributed by atoms with Gasteiger partial charge in [0.1, 0.15) is 6.04 Å². The van der Waals surface area contributed by atoms with E-state index >= 15 is 0 Å². The van der Waals surface area contributed by atoms with Crippen molar-refractivity contribution < 1.29 is 4.79 Å². The van der Waals surface area contributed by atoms with Gasteiger partial charge in [0, 0.05) is 26.2 Å². The number of carbonyl (C=O) groups is 1. The van der Waals surface area contributed by atoms with Gasteiger partial charge in [-0.25, -0.2) is 10.9 Å². The zero-order chi connectivity index (χ0) is 15.1. The van der Waals surface area contributed by atoms with Crippen molar-refractivity contribution in [1.82, 2.24) is 21.1 Å². The largest absolute Gasteiger partial charge is 0.341 e. The lowest BCUT2D eigenvalue weighted by Crippen LogP contribution is -2.48. The van der Waals surface area contributed by atoms with Crippen LogP contribution in [-0.2, 0) is 4.79 Å². The summed E-state index contributed by atoms with van der Waals surface area (Å²) in [7, 11) is 0.